The summed E-state index contributed by atoms with van der Waals surface area (Å²) in [5.74, 6) is -1.53. The van der Waals surface area contributed by atoms with E-state index in [1.807, 2.05) is 0 Å². The van der Waals surface area contributed by atoms with Gasteiger partial charge in [-0.15, -0.1) is 5.06 Å². The SMILES string of the molecule is CC(=O)SCCOCCOCCOCCOCCC(=O)ON1C(=O)CC(C)C1=O. The Bertz CT molecular complexity index is 543. The van der Waals surface area contributed by atoms with E-state index in [9.17, 15) is 19.2 Å². The Labute approximate surface area is 174 Å². The van der Waals surface area contributed by atoms with E-state index in [1.165, 1.54) is 18.7 Å². The van der Waals surface area contributed by atoms with Crippen molar-refractivity contribution in [3.63, 3.8) is 0 Å². The fraction of sp³-hybridized carbons (Fsp3) is 0.778. The van der Waals surface area contributed by atoms with Crippen molar-refractivity contribution in [1.29, 1.82) is 0 Å². The summed E-state index contributed by atoms with van der Waals surface area (Å²) in [5, 5.41) is 0.613. The maximum Gasteiger partial charge on any atom is 0.335 e. The summed E-state index contributed by atoms with van der Waals surface area (Å²) in [7, 11) is 0. The molecule has 0 aromatic heterocycles. The van der Waals surface area contributed by atoms with Crippen LogP contribution < -0.4 is 0 Å². The lowest BCUT2D eigenvalue weighted by atomic mass is 10.1. The molecule has 0 saturated carbocycles. The first-order chi connectivity index (χ1) is 13.9. The molecule has 0 N–H and O–H groups in total. The summed E-state index contributed by atoms with van der Waals surface area (Å²) < 4.78 is 21.2. The Morgan fingerprint density at radius 3 is 1.93 bits per heavy atom. The Hall–Kier alpha value is -1.53. The van der Waals surface area contributed by atoms with Crippen molar-refractivity contribution >= 4 is 34.7 Å². The highest BCUT2D eigenvalue weighted by Gasteiger charge is 2.38. The van der Waals surface area contributed by atoms with Gasteiger partial charge in [-0.1, -0.05) is 18.7 Å². The molecule has 0 aliphatic carbocycles. The minimum Gasteiger partial charge on any atom is -0.378 e. The molecule has 1 atom stereocenters. The van der Waals surface area contributed by atoms with E-state index in [1.54, 1.807) is 6.92 Å². The number of nitrogens with zero attached hydrogens (tertiary/aromatic N) is 1. The summed E-state index contributed by atoms with van der Waals surface area (Å²) in [6, 6.07) is 0. The van der Waals surface area contributed by atoms with Crippen molar-refractivity contribution in [3.05, 3.63) is 0 Å². The van der Waals surface area contributed by atoms with E-state index in [-0.39, 0.29) is 24.6 Å². The standard InChI is InChI=1S/C18H29NO9S/c1-14-13-16(21)19(18(14)23)28-17(22)3-4-24-5-6-25-7-8-26-9-10-27-11-12-29-15(2)20/h14H,3-13H2,1-2H3. The number of imide groups is 1. The molecule has 0 aromatic carbocycles. The van der Waals surface area contributed by atoms with Crippen molar-refractivity contribution in [1.82, 2.24) is 5.06 Å². The number of hydrogen-bond acceptors (Lipinski definition) is 10. The molecule has 166 valence electrons. The van der Waals surface area contributed by atoms with Crippen molar-refractivity contribution in [2.24, 2.45) is 5.92 Å². The van der Waals surface area contributed by atoms with E-state index in [0.717, 1.165) is 0 Å². The van der Waals surface area contributed by atoms with Crippen molar-refractivity contribution in [2.75, 3.05) is 58.6 Å². The minimum atomic E-state index is -0.697. The molecule has 0 spiro atoms. The van der Waals surface area contributed by atoms with Crippen LogP contribution in [0.4, 0.5) is 0 Å². The topological polar surface area (TPSA) is 118 Å². The predicted molar refractivity (Wildman–Crippen MR) is 103 cm³/mol. The summed E-state index contributed by atoms with van der Waals surface area (Å²) in [4.78, 5) is 50.2. The summed E-state index contributed by atoms with van der Waals surface area (Å²) in [6.07, 6.45) is -0.0174. The lowest BCUT2D eigenvalue weighted by Crippen LogP contribution is -2.33. The van der Waals surface area contributed by atoms with Crippen LogP contribution in [0.25, 0.3) is 0 Å². The number of carbonyl (C=O) groups excluding carboxylic acids is 4. The molecule has 1 unspecified atom stereocenters. The predicted octanol–water partition coefficient (Wildman–Crippen LogP) is 0.576. The van der Waals surface area contributed by atoms with E-state index >= 15 is 0 Å². The van der Waals surface area contributed by atoms with Gasteiger partial charge in [-0.2, -0.15) is 0 Å². The van der Waals surface area contributed by atoms with Gasteiger partial charge in [0.05, 0.1) is 59.3 Å². The molecule has 0 bridgehead atoms. The highest BCUT2D eigenvalue weighted by Crippen LogP contribution is 2.19. The third kappa shape index (κ3) is 11.9. The first-order valence-corrected chi connectivity index (χ1v) is 10.4. The number of hydroxylamine groups is 2. The molecule has 1 rings (SSSR count). The highest BCUT2D eigenvalue weighted by atomic mass is 32.2. The largest absolute Gasteiger partial charge is 0.378 e. The second kappa shape index (κ2) is 15.3. The zero-order chi connectivity index (χ0) is 21.5. The van der Waals surface area contributed by atoms with Crippen molar-refractivity contribution in [3.8, 4) is 0 Å². The average molecular weight is 435 g/mol. The molecule has 1 aliphatic heterocycles. The molecule has 11 heteroatoms. The van der Waals surface area contributed by atoms with E-state index < -0.39 is 23.7 Å². The first-order valence-electron chi connectivity index (χ1n) is 9.43. The Kier molecular flexibility index (Phi) is 13.5. The highest BCUT2D eigenvalue weighted by molar-refractivity contribution is 8.13. The van der Waals surface area contributed by atoms with Crippen LogP contribution in [-0.2, 0) is 43.0 Å². The summed E-state index contributed by atoms with van der Waals surface area (Å²) in [6.45, 7) is 6.13. The van der Waals surface area contributed by atoms with Gasteiger partial charge in [0.1, 0.15) is 0 Å². The van der Waals surface area contributed by atoms with Gasteiger partial charge in [0, 0.05) is 25.0 Å². The molecule has 0 aromatic rings. The molecular formula is C18H29NO9S. The third-order valence-electron chi connectivity index (χ3n) is 3.62. The second-order valence-corrected chi connectivity index (χ2v) is 7.41. The fourth-order valence-corrected chi connectivity index (χ4v) is 2.65. The summed E-state index contributed by atoms with van der Waals surface area (Å²) in [5.41, 5.74) is 0. The van der Waals surface area contributed by atoms with Gasteiger partial charge in [-0.05, 0) is 0 Å². The van der Waals surface area contributed by atoms with Gasteiger partial charge in [-0.25, -0.2) is 4.79 Å². The van der Waals surface area contributed by atoms with Crippen LogP contribution in [0.2, 0.25) is 0 Å². The van der Waals surface area contributed by atoms with Crippen molar-refractivity contribution < 1.29 is 43.0 Å². The minimum absolute atomic E-state index is 0.0526. The monoisotopic (exact) mass is 435 g/mol. The quantitative estimate of drug-likeness (QED) is 0.252. The van der Waals surface area contributed by atoms with E-state index in [4.69, 9.17) is 23.8 Å². The van der Waals surface area contributed by atoms with E-state index in [0.29, 0.717) is 57.1 Å². The van der Waals surface area contributed by atoms with Gasteiger partial charge < -0.3 is 23.8 Å². The zero-order valence-corrected chi connectivity index (χ0v) is 17.7. The maximum atomic E-state index is 11.6. The van der Waals surface area contributed by atoms with Gasteiger partial charge in [0.25, 0.3) is 11.8 Å². The van der Waals surface area contributed by atoms with Crippen LogP contribution in [0.15, 0.2) is 0 Å². The summed E-state index contributed by atoms with van der Waals surface area (Å²) >= 11 is 1.23. The number of rotatable bonds is 16. The normalized spacial score (nSPS) is 16.5. The zero-order valence-electron chi connectivity index (χ0n) is 16.9. The number of thioether (sulfide) groups is 1. The lowest BCUT2D eigenvalue weighted by molar-refractivity contribution is -0.198. The van der Waals surface area contributed by atoms with Crippen molar-refractivity contribution in [2.45, 2.75) is 26.7 Å². The number of hydrogen-bond donors (Lipinski definition) is 0. The molecule has 0 radical (unpaired) electrons. The Balaban J connectivity index is 1.84. The third-order valence-corrected chi connectivity index (χ3v) is 4.40. The Morgan fingerprint density at radius 2 is 1.45 bits per heavy atom. The average Bonchev–Trinajstić information content (AvgIpc) is 2.90. The second-order valence-electron chi connectivity index (χ2n) is 6.13. The lowest BCUT2D eigenvalue weighted by Gasteiger charge is -2.13. The number of carbonyl (C=O) groups is 4. The number of ether oxygens (including phenoxy) is 4. The Morgan fingerprint density at radius 1 is 0.931 bits per heavy atom. The molecule has 2 amide bonds. The van der Waals surface area contributed by atoms with Crippen LogP contribution in [0.3, 0.4) is 0 Å². The van der Waals surface area contributed by atoms with E-state index in [2.05, 4.69) is 0 Å². The molecular weight excluding hydrogens is 406 g/mol. The molecule has 1 heterocycles. The molecule has 1 saturated heterocycles. The fourth-order valence-electron chi connectivity index (χ4n) is 2.16. The van der Waals surface area contributed by atoms with Gasteiger partial charge in [0.15, 0.2) is 5.12 Å². The van der Waals surface area contributed by atoms with Crippen LogP contribution in [-0.4, -0.2) is 86.6 Å². The smallest absolute Gasteiger partial charge is 0.335 e. The molecule has 1 aliphatic rings. The van der Waals surface area contributed by atoms with Crippen LogP contribution in [0.1, 0.15) is 26.7 Å². The van der Waals surface area contributed by atoms with Crippen LogP contribution >= 0.6 is 11.8 Å². The first kappa shape index (κ1) is 25.5. The van der Waals surface area contributed by atoms with Gasteiger partial charge in [-0.3, -0.25) is 14.4 Å². The molecule has 10 nitrogen and oxygen atoms in total. The molecule has 29 heavy (non-hydrogen) atoms. The van der Waals surface area contributed by atoms with Gasteiger partial charge >= 0.3 is 5.97 Å². The maximum absolute atomic E-state index is 11.6. The van der Waals surface area contributed by atoms with Crippen LogP contribution in [0.5, 0.6) is 0 Å². The molecule has 1 fully saturated rings. The van der Waals surface area contributed by atoms with Gasteiger partial charge in [0.2, 0.25) is 0 Å². The van der Waals surface area contributed by atoms with Crippen LogP contribution in [0, 0.1) is 5.92 Å². The number of amides is 2.